The van der Waals surface area contributed by atoms with Crippen LogP contribution in [0.4, 0.5) is 4.39 Å². The zero-order valence-corrected chi connectivity index (χ0v) is 20.1. The van der Waals surface area contributed by atoms with Crippen LogP contribution in [0.1, 0.15) is 10.4 Å². The monoisotopic (exact) mass is 479 g/mol. The van der Waals surface area contributed by atoms with E-state index in [4.69, 9.17) is 0 Å². The quantitative estimate of drug-likeness (QED) is 0.350. The minimum atomic E-state index is -0.273. The molecule has 3 heterocycles. The first-order valence-corrected chi connectivity index (χ1v) is 11.7. The molecule has 1 amide bonds. The molecule has 6 nitrogen and oxygen atoms in total. The molecule has 7 heteroatoms. The summed E-state index contributed by atoms with van der Waals surface area (Å²) in [5.41, 5.74) is 7.00. The van der Waals surface area contributed by atoms with Crippen LogP contribution in [-0.4, -0.2) is 52.4 Å². The molecule has 0 spiro atoms. The number of hydrogen-bond donors (Lipinski definition) is 1. The van der Waals surface area contributed by atoms with Crippen LogP contribution in [-0.2, 0) is 0 Å². The van der Waals surface area contributed by atoms with Crippen LogP contribution >= 0.6 is 0 Å². The molecule has 0 aliphatic heterocycles. The van der Waals surface area contributed by atoms with E-state index in [-0.39, 0.29) is 11.7 Å². The van der Waals surface area contributed by atoms with E-state index in [1.54, 1.807) is 18.3 Å². The Bertz CT molecular complexity index is 1510. The third-order valence-corrected chi connectivity index (χ3v) is 6.03. The molecule has 180 valence electrons. The van der Waals surface area contributed by atoms with Gasteiger partial charge in [0.2, 0.25) is 0 Å². The summed E-state index contributed by atoms with van der Waals surface area (Å²) in [4.78, 5) is 23.4. The van der Waals surface area contributed by atoms with Gasteiger partial charge in [-0.2, -0.15) is 0 Å². The lowest BCUT2D eigenvalue weighted by Gasteiger charge is -2.11. The predicted octanol–water partition coefficient (Wildman–Crippen LogP) is 5.16. The number of likely N-dealkylation sites (N-methyl/N-ethyl adjacent to an activating group) is 1. The Morgan fingerprint density at radius 2 is 1.64 bits per heavy atom. The van der Waals surface area contributed by atoms with E-state index in [1.165, 1.54) is 12.1 Å². The first-order chi connectivity index (χ1) is 17.5. The van der Waals surface area contributed by atoms with Crippen LogP contribution < -0.4 is 5.32 Å². The van der Waals surface area contributed by atoms with E-state index in [9.17, 15) is 9.18 Å². The second-order valence-corrected chi connectivity index (χ2v) is 8.86. The van der Waals surface area contributed by atoms with E-state index >= 15 is 0 Å². The van der Waals surface area contributed by atoms with Crippen molar-refractivity contribution in [1.82, 2.24) is 24.6 Å². The number of aromatic nitrogens is 3. The fourth-order valence-corrected chi connectivity index (χ4v) is 4.05. The van der Waals surface area contributed by atoms with Gasteiger partial charge in [0, 0.05) is 42.2 Å². The van der Waals surface area contributed by atoms with E-state index in [2.05, 4.69) is 15.3 Å². The maximum Gasteiger partial charge on any atom is 0.251 e. The predicted molar refractivity (Wildman–Crippen MR) is 140 cm³/mol. The van der Waals surface area contributed by atoms with Crippen molar-refractivity contribution in [1.29, 1.82) is 0 Å². The summed E-state index contributed by atoms with van der Waals surface area (Å²) in [6.07, 6.45) is 5.58. The molecule has 0 bridgehead atoms. The summed E-state index contributed by atoms with van der Waals surface area (Å²) in [5, 5.41) is 2.93. The van der Waals surface area contributed by atoms with Crippen LogP contribution in [0, 0.1) is 5.82 Å². The number of imidazole rings is 1. The standard InChI is InChI=1S/C29H26FN5O/c1-34(2)16-14-32-29(36)22-5-3-20(4-6-22)23-12-15-35-27(19-33-28(35)18-23)24-11-13-31-26(17-24)21-7-9-25(30)10-8-21/h3-13,15,17-19H,14,16H2,1-2H3,(H,32,36). The van der Waals surface area contributed by atoms with Crippen molar-refractivity contribution in [3.63, 3.8) is 0 Å². The van der Waals surface area contributed by atoms with Crippen molar-refractivity contribution in [2.24, 2.45) is 0 Å². The number of nitrogens with zero attached hydrogens (tertiary/aromatic N) is 4. The summed E-state index contributed by atoms with van der Waals surface area (Å²) in [6.45, 7) is 1.40. The van der Waals surface area contributed by atoms with Gasteiger partial charge in [-0.15, -0.1) is 0 Å². The number of amides is 1. The Hall–Kier alpha value is -4.36. The van der Waals surface area contributed by atoms with Gasteiger partial charge >= 0.3 is 0 Å². The third kappa shape index (κ3) is 5.01. The molecule has 0 radical (unpaired) electrons. The second-order valence-electron chi connectivity index (χ2n) is 8.86. The number of rotatable bonds is 7. The number of halogens is 1. The maximum absolute atomic E-state index is 13.3. The van der Waals surface area contributed by atoms with E-state index < -0.39 is 0 Å². The first kappa shape index (κ1) is 23.4. The third-order valence-electron chi connectivity index (χ3n) is 6.03. The SMILES string of the molecule is CN(C)CCNC(=O)c1ccc(-c2ccn3c(-c4ccnc(-c5ccc(F)cc5)c4)cnc3c2)cc1. The minimum absolute atomic E-state index is 0.0749. The van der Waals surface area contributed by atoms with Crippen molar-refractivity contribution < 1.29 is 9.18 Å². The first-order valence-electron chi connectivity index (χ1n) is 11.7. The Kier molecular flexibility index (Phi) is 6.56. The summed E-state index contributed by atoms with van der Waals surface area (Å²) < 4.78 is 15.3. The van der Waals surface area contributed by atoms with Gasteiger partial charge in [-0.05, 0) is 85.9 Å². The summed E-state index contributed by atoms with van der Waals surface area (Å²) in [7, 11) is 3.95. The van der Waals surface area contributed by atoms with Crippen molar-refractivity contribution in [3.05, 3.63) is 103 Å². The number of benzene rings is 2. The Balaban J connectivity index is 1.37. The number of pyridine rings is 2. The average molecular weight is 480 g/mol. The van der Waals surface area contributed by atoms with Gasteiger partial charge in [-0.3, -0.25) is 14.2 Å². The molecular formula is C29H26FN5O. The molecule has 0 aliphatic rings. The van der Waals surface area contributed by atoms with Crippen molar-refractivity contribution in [2.45, 2.75) is 0 Å². The second kappa shape index (κ2) is 10.1. The van der Waals surface area contributed by atoms with E-state index in [0.29, 0.717) is 12.1 Å². The number of carbonyl (C=O) groups is 1. The lowest BCUT2D eigenvalue weighted by molar-refractivity contribution is 0.0951. The van der Waals surface area contributed by atoms with Crippen molar-refractivity contribution >= 4 is 11.6 Å². The number of fused-ring (bicyclic) bond motifs is 1. The Morgan fingerprint density at radius 3 is 2.39 bits per heavy atom. The van der Waals surface area contributed by atoms with Crippen molar-refractivity contribution in [3.8, 4) is 33.6 Å². The molecular weight excluding hydrogens is 453 g/mol. The number of hydrogen-bond acceptors (Lipinski definition) is 4. The molecule has 5 rings (SSSR count). The molecule has 1 N–H and O–H groups in total. The van der Waals surface area contributed by atoms with Gasteiger partial charge in [0.15, 0.2) is 0 Å². The van der Waals surface area contributed by atoms with Gasteiger partial charge in [0.25, 0.3) is 5.91 Å². The highest BCUT2D eigenvalue weighted by Gasteiger charge is 2.11. The highest BCUT2D eigenvalue weighted by atomic mass is 19.1. The summed E-state index contributed by atoms with van der Waals surface area (Å²) in [6, 6.07) is 21.9. The van der Waals surface area contributed by atoms with Gasteiger partial charge < -0.3 is 10.2 Å². The summed E-state index contributed by atoms with van der Waals surface area (Å²) >= 11 is 0. The molecule has 36 heavy (non-hydrogen) atoms. The molecule has 0 atom stereocenters. The molecule has 2 aromatic carbocycles. The van der Waals surface area contributed by atoms with Gasteiger partial charge in [0.05, 0.1) is 17.6 Å². The smallest absolute Gasteiger partial charge is 0.251 e. The maximum atomic E-state index is 13.3. The highest BCUT2D eigenvalue weighted by Crippen LogP contribution is 2.28. The highest BCUT2D eigenvalue weighted by molar-refractivity contribution is 5.94. The number of nitrogens with one attached hydrogen (secondary N) is 1. The largest absolute Gasteiger partial charge is 0.351 e. The molecule has 0 fully saturated rings. The molecule has 0 unspecified atom stereocenters. The zero-order valence-electron chi connectivity index (χ0n) is 20.1. The lowest BCUT2D eigenvalue weighted by atomic mass is 10.0. The molecule has 0 saturated carbocycles. The normalized spacial score (nSPS) is 11.2. The summed E-state index contributed by atoms with van der Waals surface area (Å²) in [5.74, 6) is -0.348. The van der Waals surface area contributed by atoms with Crippen LogP contribution in [0.2, 0.25) is 0 Å². The van der Waals surface area contributed by atoms with E-state index in [0.717, 1.165) is 45.8 Å². The molecule has 0 saturated heterocycles. The fourth-order valence-electron chi connectivity index (χ4n) is 4.05. The minimum Gasteiger partial charge on any atom is -0.351 e. The molecule has 5 aromatic rings. The van der Waals surface area contributed by atoms with Crippen LogP contribution in [0.5, 0.6) is 0 Å². The Labute approximate surface area is 209 Å². The van der Waals surface area contributed by atoms with Crippen molar-refractivity contribution in [2.75, 3.05) is 27.2 Å². The number of carbonyl (C=O) groups excluding carboxylic acids is 1. The zero-order chi connectivity index (χ0) is 25.1. The van der Waals surface area contributed by atoms with Gasteiger partial charge in [-0.1, -0.05) is 12.1 Å². The van der Waals surface area contributed by atoms with Gasteiger partial charge in [-0.25, -0.2) is 9.37 Å². The topological polar surface area (TPSA) is 62.5 Å². The average Bonchev–Trinajstić information content (AvgIpc) is 3.32. The van der Waals surface area contributed by atoms with Gasteiger partial charge in [0.1, 0.15) is 11.5 Å². The van der Waals surface area contributed by atoms with Crippen LogP contribution in [0.3, 0.4) is 0 Å². The lowest BCUT2D eigenvalue weighted by Crippen LogP contribution is -2.31. The van der Waals surface area contributed by atoms with E-state index in [1.807, 2.05) is 84.3 Å². The Morgan fingerprint density at radius 1 is 0.889 bits per heavy atom. The molecule has 3 aromatic heterocycles. The fraction of sp³-hybridized carbons (Fsp3) is 0.138. The van der Waals surface area contributed by atoms with Crippen LogP contribution in [0.15, 0.2) is 91.4 Å². The van der Waals surface area contributed by atoms with Crippen LogP contribution in [0.25, 0.3) is 39.3 Å². The molecule has 0 aliphatic carbocycles.